The van der Waals surface area contributed by atoms with E-state index in [0.29, 0.717) is 0 Å². The SMILES string of the molecule is CC(O)c1ccc(N(C)CC2CC2C)cc1. The van der Waals surface area contributed by atoms with E-state index in [9.17, 15) is 5.11 Å². The van der Waals surface area contributed by atoms with Gasteiger partial charge in [0.15, 0.2) is 0 Å². The molecule has 2 rings (SSSR count). The van der Waals surface area contributed by atoms with Crippen molar-refractivity contribution >= 4 is 5.69 Å². The van der Waals surface area contributed by atoms with Gasteiger partial charge in [-0.1, -0.05) is 19.1 Å². The van der Waals surface area contributed by atoms with Crippen molar-refractivity contribution in [1.29, 1.82) is 0 Å². The molecule has 2 nitrogen and oxygen atoms in total. The van der Waals surface area contributed by atoms with Gasteiger partial charge < -0.3 is 10.0 Å². The lowest BCUT2D eigenvalue weighted by molar-refractivity contribution is 0.199. The average Bonchev–Trinajstić information content (AvgIpc) is 2.94. The normalized spacial score (nSPS) is 25.2. The van der Waals surface area contributed by atoms with Crippen molar-refractivity contribution in [3.8, 4) is 0 Å². The lowest BCUT2D eigenvalue weighted by atomic mass is 10.1. The molecule has 2 heteroatoms. The molecule has 0 radical (unpaired) electrons. The summed E-state index contributed by atoms with van der Waals surface area (Å²) < 4.78 is 0. The molecule has 1 aliphatic rings. The van der Waals surface area contributed by atoms with E-state index in [2.05, 4.69) is 31.0 Å². The van der Waals surface area contributed by atoms with E-state index in [1.165, 1.54) is 12.1 Å². The third kappa shape index (κ3) is 2.56. The van der Waals surface area contributed by atoms with Gasteiger partial charge in [-0.25, -0.2) is 0 Å². The zero-order valence-electron chi connectivity index (χ0n) is 10.4. The maximum absolute atomic E-state index is 9.43. The second-order valence-electron chi connectivity index (χ2n) is 5.12. The van der Waals surface area contributed by atoms with Gasteiger partial charge in [-0.2, -0.15) is 0 Å². The van der Waals surface area contributed by atoms with Gasteiger partial charge >= 0.3 is 0 Å². The summed E-state index contributed by atoms with van der Waals surface area (Å²) in [6.45, 7) is 5.26. The third-order valence-corrected chi connectivity index (χ3v) is 3.60. The minimum atomic E-state index is -0.372. The second kappa shape index (κ2) is 4.46. The molecule has 1 aromatic carbocycles. The lowest BCUT2D eigenvalue weighted by Crippen LogP contribution is -2.20. The van der Waals surface area contributed by atoms with Crippen LogP contribution in [-0.2, 0) is 0 Å². The maximum Gasteiger partial charge on any atom is 0.0761 e. The Morgan fingerprint density at radius 2 is 1.94 bits per heavy atom. The summed E-state index contributed by atoms with van der Waals surface area (Å²) in [5.41, 5.74) is 2.22. The summed E-state index contributed by atoms with van der Waals surface area (Å²) in [4.78, 5) is 2.31. The molecular formula is C14H21NO. The molecule has 3 atom stereocenters. The van der Waals surface area contributed by atoms with Crippen LogP contribution in [0.25, 0.3) is 0 Å². The highest BCUT2D eigenvalue weighted by Gasteiger charge is 2.33. The topological polar surface area (TPSA) is 23.5 Å². The Kier molecular flexibility index (Phi) is 3.20. The number of anilines is 1. The van der Waals surface area contributed by atoms with Crippen molar-refractivity contribution in [2.45, 2.75) is 26.4 Å². The summed E-state index contributed by atoms with van der Waals surface area (Å²) in [7, 11) is 2.14. The van der Waals surface area contributed by atoms with E-state index in [-0.39, 0.29) is 6.10 Å². The van der Waals surface area contributed by atoms with Crippen LogP contribution in [0.3, 0.4) is 0 Å². The summed E-state index contributed by atoms with van der Waals surface area (Å²) in [5, 5.41) is 9.43. The molecule has 1 aliphatic carbocycles. The Morgan fingerprint density at radius 3 is 2.38 bits per heavy atom. The molecule has 0 saturated heterocycles. The van der Waals surface area contributed by atoms with Crippen LogP contribution in [0.15, 0.2) is 24.3 Å². The first-order valence-electron chi connectivity index (χ1n) is 6.07. The molecule has 0 aromatic heterocycles. The van der Waals surface area contributed by atoms with E-state index in [0.717, 1.165) is 23.9 Å². The molecule has 3 unspecified atom stereocenters. The van der Waals surface area contributed by atoms with E-state index >= 15 is 0 Å². The quantitative estimate of drug-likeness (QED) is 0.841. The molecule has 1 saturated carbocycles. The first kappa shape index (κ1) is 11.5. The van der Waals surface area contributed by atoms with Gasteiger partial charge in [0.25, 0.3) is 0 Å². The summed E-state index contributed by atoms with van der Waals surface area (Å²) in [6.07, 6.45) is 0.999. The van der Waals surface area contributed by atoms with Crippen molar-refractivity contribution < 1.29 is 5.11 Å². The fourth-order valence-corrected chi connectivity index (χ4v) is 2.12. The van der Waals surface area contributed by atoms with Crippen LogP contribution < -0.4 is 4.90 Å². The first-order chi connectivity index (χ1) is 7.58. The molecule has 0 bridgehead atoms. The molecule has 16 heavy (non-hydrogen) atoms. The molecule has 88 valence electrons. The standard InChI is InChI=1S/C14H21NO/c1-10-8-13(10)9-15(3)14-6-4-12(5-7-14)11(2)16/h4-7,10-11,13,16H,8-9H2,1-3H3. The maximum atomic E-state index is 9.43. The highest BCUT2D eigenvalue weighted by atomic mass is 16.3. The van der Waals surface area contributed by atoms with E-state index in [1.54, 1.807) is 6.92 Å². The first-order valence-corrected chi connectivity index (χ1v) is 6.07. The van der Waals surface area contributed by atoms with E-state index in [1.807, 2.05) is 12.1 Å². The number of aliphatic hydroxyl groups excluding tert-OH is 1. The average molecular weight is 219 g/mol. The van der Waals surface area contributed by atoms with Crippen LogP contribution in [0.2, 0.25) is 0 Å². The van der Waals surface area contributed by atoms with Crippen LogP contribution in [0.1, 0.15) is 31.9 Å². The number of benzene rings is 1. The second-order valence-corrected chi connectivity index (χ2v) is 5.12. The highest BCUT2D eigenvalue weighted by molar-refractivity contribution is 5.47. The Morgan fingerprint density at radius 1 is 1.38 bits per heavy atom. The van der Waals surface area contributed by atoms with Crippen LogP contribution >= 0.6 is 0 Å². The van der Waals surface area contributed by atoms with Gasteiger partial charge in [0.2, 0.25) is 0 Å². The van der Waals surface area contributed by atoms with Crippen LogP contribution in [0, 0.1) is 11.8 Å². The molecule has 0 amide bonds. The molecule has 1 fully saturated rings. The Labute approximate surface area is 97.9 Å². The third-order valence-electron chi connectivity index (χ3n) is 3.60. The highest BCUT2D eigenvalue weighted by Crippen LogP contribution is 2.38. The monoisotopic (exact) mass is 219 g/mol. The number of nitrogens with zero attached hydrogens (tertiary/aromatic N) is 1. The minimum absolute atomic E-state index is 0.372. The van der Waals surface area contributed by atoms with Crippen LogP contribution in [0.5, 0.6) is 0 Å². The van der Waals surface area contributed by atoms with Crippen molar-refractivity contribution in [3.05, 3.63) is 29.8 Å². The predicted molar refractivity (Wildman–Crippen MR) is 67.6 cm³/mol. The van der Waals surface area contributed by atoms with Crippen molar-refractivity contribution in [2.24, 2.45) is 11.8 Å². The van der Waals surface area contributed by atoms with Gasteiger partial charge in [0, 0.05) is 19.3 Å². The number of aliphatic hydroxyl groups is 1. The summed E-state index contributed by atoms with van der Waals surface area (Å²) >= 11 is 0. The van der Waals surface area contributed by atoms with Crippen LogP contribution in [-0.4, -0.2) is 18.7 Å². The zero-order chi connectivity index (χ0) is 11.7. The molecule has 1 N–H and O–H groups in total. The lowest BCUT2D eigenvalue weighted by Gasteiger charge is -2.19. The van der Waals surface area contributed by atoms with Gasteiger partial charge in [0.1, 0.15) is 0 Å². The predicted octanol–water partition coefficient (Wildman–Crippen LogP) is 2.83. The molecule has 0 spiro atoms. The van der Waals surface area contributed by atoms with Gasteiger partial charge in [-0.15, -0.1) is 0 Å². The fraction of sp³-hybridized carbons (Fsp3) is 0.571. The fourth-order valence-electron chi connectivity index (χ4n) is 2.12. The smallest absolute Gasteiger partial charge is 0.0761 e. The summed E-state index contributed by atoms with van der Waals surface area (Å²) in [5.74, 6) is 1.78. The van der Waals surface area contributed by atoms with E-state index < -0.39 is 0 Å². The molecule has 0 heterocycles. The minimum Gasteiger partial charge on any atom is -0.389 e. The zero-order valence-corrected chi connectivity index (χ0v) is 10.4. The Balaban J connectivity index is 1.97. The Bertz CT molecular complexity index is 344. The van der Waals surface area contributed by atoms with Gasteiger partial charge in [0.05, 0.1) is 6.10 Å². The van der Waals surface area contributed by atoms with Crippen molar-refractivity contribution in [2.75, 3.05) is 18.5 Å². The largest absolute Gasteiger partial charge is 0.389 e. The molecular weight excluding hydrogens is 198 g/mol. The van der Waals surface area contributed by atoms with Crippen molar-refractivity contribution in [3.63, 3.8) is 0 Å². The number of rotatable bonds is 4. The summed E-state index contributed by atoms with van der Waals surface area (Å²) in [6, 6.07) is 8.20. The number of hydrogen-bond donors (Lipinski definition) is 1. The number of hydrogen-bond acceptors (Lipinski definition) is 2. The van der Waals surface area contributed by atoms with Gasteiger partial charge in [-0.3, -0.25) is 0 Å². The molecule has 0 aliphatic heterocycles. The van der Waals surface area contributed by atoms with Gasteiger partial charge in [-0.05, 0) is 42.9 Å². The van der Waals surface area contributed by atoms with Crippen molar-refractivity contribution in [1.82, 2.24) is 0 Å². The molecule has 1 aromatic rings. The Hall–Kier alpha value is -1.02. The van der Waals surface area contributed by atoms with Crippen LogP contribution in [0.4, 0.5) is 5.69 Å². The van der Waals surface area contributed by atoms with E-state index in [4.69, 9.17) is 0 Å².